The molecule has 0 aliphatic heterocycles. The second-order valence-electron chi connectivity index (χ2n) is 7.68. The van der Waals surface area contributed by atoms with Crippen molar-refractivity contribution in [1.29, 1.82) is 0 Å². The predicted molar refractivity (Wildman–Crippen MR) is 131 cm³/mol. The van der Waals surface area contributed by atoms with E-state index in [1.807, 2.05) is 37.6 Å². The topological polar surface area (TPSA) is 111 Å². The summed E-state index contributed by atoms with van der Waals surface area (Å²) in [6.45, 7) is 3.89. The van der Waals surface area contributed by atoms with Gasteiger partial charge in [-0.1, -0.05) is 30.4 Å². The van der Waals surface area contributed by atoms with Crippen molar-refractivity contribution in [2.24, 2.45) is 0 Å². The van der Waals surface area contributed by atoms with E-state index in [1.54, 1.807) is 16.6 Å². The fourth-order valence-corrected chi connectivity index (χ4v) is 5.14. The number of nitrogens with one attached hydrogen (secondary N) is 1. The molecule has 0 aliphatic carbocycles. The highest BCUT2D eigenvalue weighted by Gasteiger charge is 2.18. The molecule has 1 amide bonds. The van der Waals surface area contributed by atoms with Gasteiger partial charge in [0.05, 0.1) is 16.5 Å². The Balaban J connectivity index is 1.45. The Labute approximate surface area is 202 Å². The van der Waals surface area contributed by atoms with Crippen molar-refractivity contribution in [3.8, 4) is 21.7 Å². The first-order valence-corrected chi connectivity index (χ1v) is 12.2. The van der Waals surface area contributed by atoms with Crippen molar-refractivity contribution in [3.05, 3.63) is 69.2 Å². The molecule has 0 unspecified atom stereocenters. The number of aryl methyl sites for hydroxylation is 1. The smallest absolute Gasteiger partial charge is 0.261 e. The van der Waals surface area contributed by atoms with E-state index in [4.69, 9.17) is 5.73 Å². The molecule has 1 atom stereocenters. The van der Waals surface area contributed by atoms with E-state index in [9.17, 15) is 9.18 Å². The molecule has 0 bridgehead atoms. The summed E-state index contributed by atoms with van der Waals surface area (Å²) in [4.78, 5) is 17.8. The van der Waals surface area contributed by atoms with Crippen LogP contribution < -0.4 is 11.1 Å². The molecule has 3 N–H and O–H groups in total. The van der Waals surface area contributed by atoms with E-state index in [-0.39, 0.29) is 23.7 Å². The molecule has 5 aromatic rings. The third kappa shape index (κ3) is 4.27. The number of nitrogen functional groups attached to an aromatic ring is 1. The van der Waals surface area contributed by atoms with Crippen LogP contribution in [0.1, 0.15) is 40.1 Å². The van der Waals surface area contributed by atoms with Crippen LogP contribution in [-0.4, -0.2) is 30.7 Å². The number of nitrogens with two attached hydrogens (primary N) is 1. The first-order chi connectivity index (χ1) is 16.4. The second-order valence-corrected chi connectivity index (χ2v) is 9.65. The van der Waals surface area contributed by atoms with Crippen molar-refractivity contribution in [2.45, 2.75) is 26.3 Å². The Morgan fingerprint density at radius 3 is 2.74 bits per heavy atom. The number of halogens is 1. The van der Waals surface area contributed by atoms with Crippen LogP contribution in [-0.2, 0) is 6.42 Å². The highest BCUT2D eigenvalue weighted by molar-refractivity contribution is 7.14. The van der Waals surface area contributed by atoms with Crippen LogP contribution >= 0.6 is 22.7 Å². The van der Waals surface area contributed by atoms with E-state index in [2.05, 4.69) is 25.6 Å². The summed E-state index contributed by atoms with van der Waals surface area (Å²) >= 11 is 2.85. The highest BCUT2D eigenvalue weighted by atomic mass is 32.1. The molecule has 0 saturated carbocycles. The number of benzene rings is 1. The van der Waals surface area contributed by atoms with Gasteiger partial charge in [-0.15, -0.1) is 26.6 Å². The van der Waals surface area contributed by atoms with Gasteiger partial charge in [0.15, 0.2) is 10.7 Å². The van der Waals surface area contributed by atoms with Crippen molar-refractivity contribution in [2.75, 3.05) is 5.73 Å². The number of pyridine rings is 1. The summed E-state index contributed by atoms with van der Waals surface area (Å²) in [5, 5.41) is 19.3. The van der Waals surface area contributed by atoms with Crippen LogP contribution in [0.25, 0.3) is 27.3 Å². The quantitative estimate of drug-likeness (QED) is 0.353. The van der Waals surface area contributed by atoms with E-state index in [1.165, 1.54) is 34.8 Å². The number of amides is 1. The van der Waals surface area contributed by atoms with Gasteiger partial charge >= 0.3 is 0 Å². The monoisotopic (exact) mass is 493 g/mol. The molecule has 0 aliphatic rings. The maximum atomic E-state index is 13.2. The molecule has 0 radical (unpaired) electrons. The van der Waals surface area contributed by atoms with Crippen LogP contribution in [0.4, 0.5) is 10.3 Å². The third-order valence-electron chi connectivity index (χ3n) is 5.32. The normalized spacial score (nSPS) is 12.2. The second kappa shape index (κ2) is 8.92. The first kappa shape index (κ1) is 22.1. The summed E-state index contributed by atoms with van der Waals surface area (Å²) in [5.41, 5.74) is 9.77. The van der Waals surface area contributed by atoms with Crippen LogP contribution in [0.3, 0.4) is 0 Å². The molecular weight excluding hydrogens is 473 g/mol. The molecule has 34 heavy (non-hydrogen) atoms. The van der Waals surface area contributed by atoms with Crippen LogP contribution in [0.2, 0.25) is 0 Å². The Bertz CT molecular complexity index is 1490. The number of carbonyl (C=O) groups is 1. The molecule has 11 heteroatoms. The van der Waals surface area contributed by atoms with Gasteiger partial charge in [0.1, 0.15) is 10.8 Å². The van der Waals surface area contributed by atoms with Gasteiger partial charge in [0, 0.05) is 11.8 Å². The summed E-state index contributed by atoms with van der Waals surface area (Å²) in [6.07, 6.45) is 2.62. The van der Waals surface area contributed by atoms with Gasteiger partial charge in [-0.2, -0.15) is 4.98 Å². The Morgan fingerprint density at radius 2 is 2.00 bits per heavy atom. The standard InChI is InChI=1S/C23H20FN7OS2/c1-3-19-28-29-22(34-19)17-8-14(10-31-20(17)27-23(25)30-31)15-9-18(33-11-15)21(32)26-12(2)13-4-6-16(24)7-5-13/h4-12H,3H2,1-2H3,(H2,25,30)(H,26,32)/t12-/m0/s1. The van der Waals surface area contributed by atoms with E-state index in [0.29, 0.717) is 10.5 Å². The molecule has 172 valence electrons. The number of thiophene rings is 1. The zero-order valence-electron chi connectivity index (χ0n) is 18.3. The molecule has 8 nitrogen and oxygen atoms in total. The van der Waals surface area contributed by atoms with Crippen LogP contribution in [0.15, 0.2) is 48.0 Å². The average Bonchev–Trinajstić information content (AvgIpc) is 3.57. The summed E-state index contributed by atoms with van der Waals surface area (Å²) in [7, 11) is 0. The van der Waals surface area contributed by atoms with Crippen molar-refractivity contribution >= 4 is 40.2 Å². The number of aromatic nitrogens is 5. The average molecular weight is 494 g/mol. The van der Waals surface area contributed by atoms with E-state index in [0.717, 1.165) is 38.7 Å². The molecule has 5 rings (SSSR count). The summed E-state index contributed by atoms with van der Waals surface area (Å²) in [5.74, 6) is -0.343. The lowest BCUT2D eigenvalue weighted by atomic mass is 10.1. The number of anilines is 1. The maximum absolute atomic E-state index is 13.2. The van der Waals surface area contributed by atoms with Gasteiger partial charge in [-0.25, -0.2) is 8.91 Å². The molecule has 4 aromatic heterocycles. The van der Waals surface area contributed by atoms with Crippen LogP contribution in [0.5, 0.6) is 0 Å². The number of fused-ring (bicyclic) bond motifs is 1. The van der Waals surface area contributed by atoms with Crippen molar-refractivity contribution in [3.63, 3.8) is 0 Å². The highest BCUT2D eigenvalue weighted by Crippen LogP contribution is 2.33. The maximum Gasteiger partial charge on any atom is 0.261 e. The number of carbonyl (C=O) groups excluding carboxylic acids is 1. The largest absolute Gasteiger partial charge is 0.366 e. The molecule has 0 spiro atoms. The molecule has 4 heterocycles. The zero-order valence-corrected chi connectivity index (χ0v) is 20.0. The summed E-state index contributed by atoms with van der Waals surface area (Å²) in [6, 6.07) is 9.63. The van der Waals surface area contributed by atoms with Gasteiger partial charge in [-0.3, -0.25) is 4.79 Å². The number of rotatable bonds is 6. The minimum Gasteiger partial charge on any atom is -0.366 e. The Hall–Kier alpha value is -3.70. The number of hydrogen-bond acceptors (Lipinski definition) is 8. The van der Waals surface area contributed by atoms with Gasteiger partial charge in [0.25, 0.3) is 5.91 Å². The third-order valence-corrected chi connectivity index (χ3v) is 7.35. The molecule has 0 saturated heterocycles. The minimum absolute atomic E-state index is 0.166. The van der Waals surface area contributed by atoms with E-state index < -0.39 is 0 Å². The molecular formula is C23H20FN7OS2. The number of nitrogens with zero attached hydrogens (tertiary/aromatic N) is 5. The van der Waals surface area contributed by atoms with Crippen molar-refractivity contribution < 1.29 is 9.18 Å². The fourth-order valence-electron chi connectivity index (χ4n) is 3.53. The fraction of sp³-hybridized carbons (Fsp3) is 0.174. The lowest BCUT2D eigenvalue weighted by molar-refractivity contribution is 0.0944. The zero-order chi connectivity index (χ0) is 23.8. The summed E-state index contributed by atoms with van der Waals surface area (Å²) < 4.78 is 14.8. The first-order valence-electron chi connectivity index (χ1n) is 10.5. The van der Waals surface area contributed by atoms with Crippen molar-refractivity contribution in [1.82, 2.24) is 30.1 Å². The predicted octanol–water partition coefficient (Wildman–Crippen LogP) is 4.75. The SMILES string of the molecule is CCc1nnc(-c2cc(-c3csc(C(=O)N[C@@H](C)c4ccc(F)cc4)c3)cn3nc(N)nc23)s1. The minimum atomic E-state index is -0.310. The van der Waals surface area contributed by atoms with E-state index >= 15 is 0 Å². The molecule has 0 fully saturated rings. The number of hydrogen-bond donors (Lipinski definition) is 2. The Kier molecular flexibility index (Phi) is 5.80. The van der Waals surface area contributed by atoms with Crippen LogP contribution in [0, 0.1) is 5.82 Å². The lowest BCUT2D eigenvalue weighted by Gasteiger charge is -2.13. The van der Waals surface area contributed by atoms with Gasteiger partial charge in [-0.05, 0) is 54.1 Å². The van der Waals surface area contributed by atoms with Gasteiger partial charge in [0.2, 0.25) is 5.95 Å². The lowest BCUT2D eigenvalue weighted by Crippen LogP contribution is -2.25. The molecule has 1 aromatic carbocycles. The Morgan fingerprint density at radius 1 is 1.21 bits per heavy atom. The van der Waals surface area contributed by atoms with Gasteiger partial charge < -0.3 is 11.1 Å².